The van der Waals surface area contributed by atoms with E-state index in [2.05, 4.69) is 27.0 Å². The number of nitrogens with one attached hydrogen (secondary N) is 1. The standard InChI is InChI=1S/C18H17ClN4O/c1-11-10-20-14-8-7-12(19)9-15(14)23-17(11)21-22-18(23)13-5-3-4-6-16(13)24-2/h3-9,11,20H,10H2,1-2H3/t11-/m0/s1. The normalized spacial score (nSPS) is 15.9. The topological polar surface area (TPSA) is 52.0 Å². The first-order chi connectivity index (χ1) is 11.7. The largest absolute Gasteiger partial charge is 0.496 e. The molecule has 0 saturated carbocycles. The number of anilines is 1. The van der Waals surface area contributed by atoms with Crippen LogP contribution in [0.4, 0.5) is 5.69 Å². The highest BCUT2D eigenvalue weighted by atomic mass is 35.5. The van der Waals surface area contributed by atoms with Crippen LogP contribution >= 0.6 is 11.6 Å². The predicted octanol–water partition coefficient (Wildman–Crippen LogP) is 4.13. The van der Waals surface area contributed by atoms with Crippen molar-refractivity contribution >= 4 is 17.3 Å². The molecule has 0 aliphatic carbocycles. The summed E-state index contributed by atoms with van der Waals surface area (Å²) in [6.45, 7) is 2.92. The molecule has 5 nitrogen and oxygen atoms in total. The maximum absolute atomic E-state index is 6.25. The van der Waals surface area contributed by atoms with E-state index in [1.54, 1.807) is 7.11 Å². The van der Waals surface area contributed by atoms with E-state index >= 15 is 0 Å². The summed E-state index contributed by atoms with van der Waals surface area (Å²) in [5, 5.41) is 13.1. The van der Waals surface area contributed by atoms with Crippen molar-refractivity contribution in [1.29, 1.82) is 0 Å². The van der Waals surface area contributed by atoms with Gasteiger partial charge in [0.05, 0.1) is 24.0 Å². The second-order valence-electron chi connectivity index (χ2n) is 5.86. The number of fused-ring (bicyclic) bond motifs is 3. The lowest BCUT2D eigenvalue weighted by Gasteiger charge is -2.14. The number of halogens is 1. The molecule has 0 bridgehead atoms. The van der Waals surface area contributed by atoms with Crippen molar-refractivity contribution in [3.05, 3.63) is 53.3 Å². The molecular formula is C18H17ClN4O. The number of nitrogens with zero attached hydrogens (tertiary/aromatic N) is 3. The van der Waals surface area contributed by atoms with E-state index in [1.807, 2.05) is 42.5 Å². The smallest absolute Gasteiger partial charge is 0.172 e. The highest BCUT2D eigenvalue weighted by Gasteiger charge is 2.26. The lowest BCUT2D eigenvalue weighted by atomic mass is 10.1. The molecule has 3 aromatic rings. The van der Waals surface area contributed by atoms with Crippen LogP contribution in [0.25, 0.3) is 17.1 Å². The van der Waals surface area contributed by atoms with E-state index in [0.717, 1.165) is 40.9 Å². The van der Waals surface area contributed by atoms with Crippen molar-refractivity contribution in [3.63, 3.8) is 0 Å². The Balaban J connectivity index is 2.02. The van der Waals surface area contributed by atoms with Gasteiger partial charge < -0.3 is 10.1 Å². The molecule has 122 valence electrons. The maximum atomic E-state index is 6.25. The molecule has 0 amide bonds. The van der Waals surface area contributed by atoms with Crippen LogP contribution < -0.4 is 10.1 Å². The first-order valence-electron chi connectivity index (χ1n) is 7.81. The molecular weight excluding hydrogens is 324 g/mol. The van der Waals surface area contributed by atoms with Gasteiger partial charge in [-0.15, -0.1) is 10.2 Å². The molecule has 1 aliphatic heterocycles. The number of ether oxygens (including phenoxy) is 1. The maximum Gasteiger partial charge on any atom is 0.172 e. The van der Waals surface area contributed by atoms with E-state index < -0.39 is 0 Å². The summed E-state index contributed by atoms with van der Waals surface area (Å²) in [6.07, 6.45) is 0. The minimum Gasteiger partial charge on any atom is -0.496 e. The summed E-state index contributed by atoms with van der Waals surface area (Å²) in [7, 11) is 1.66. The molecule has 1 aliphatic rings. The quantitative estimate of drug-likeness (QED) is 0.762. The number of aromatic nitrogens is 3. The highest BCUT2D eigenvalue weighted by molar-refractivity contribution is 6.30. The van der Waals surface area contributed by atoms with Gasteiger partial charge >= 0.3 is 0 Å². The Morgan fingerprint density at radius 3 is 2.88 bits per heavy atom. The van der Waals surface area contributed by atoms with Gasteiger partial charge in [0.25, 0.3) is 0 Å². The molecule has 1 N–H and O–H groups in total. The third kappa shape index (κ3) is 2.32. The summed E-state index contributed by atoms with van der Waals surface area (Å²) in [4.78, 5) is 0. The van der Waals surface area contributed by atoms with Gasteiger partial charge in [0.1, 0.15) is 11.6 Å². The van der Waals surface area contributed by atoms with Gasteiger partial charge in [0, 0.05) is 17.5 Å². The van der Waals surface area contributed by atoms with Gasteiger partial charge in [0.2, 0.25) is 0 Å². The van der Waals surface area contributed by atoms with Crippen LogP contribution in [0.3, 0.4) is 0 Å². The van der Waals surface area contributed by atoms with E-state index in [-0.39, 0.29) is 5.92 Å². The summed E-state index contributed by atoms with van der Waals surface area (Å²) in [5.41, 5.74) is 2.87. The number of hydrogen-bond acceptors (Lipinski definition) is 4. The summed E-state index contributed by atoms with van der Waals surface area (Å²) >= 11 is 6.25. The molecule has 0 unspecified atom stereocenters. The summed E-state index contributed by atoms with van der Waals surface area (Å²) < 4.78 is 7.58. The van der Waals surface area contributed by atoms with Gasteiger partial charge in [-0.05, 0) is 30.3 Å². The lowest BCUT2D eigenvalue weighted by molar-refractivity contribution is 0.416. The molecule has 24 heavy (non-hydrogen) atoms. The lowest BCUT2D eigenvalue weighted by Crippen LogP contribution is -2.09. The molecule has 0 radical (unpaired) electrons. The van der Waals surface area contributed by atoms with E-state index in [4.69, 9.17) is 16.3 Å². The summed E-state index contributed by atoms with van der Waals surface area (Å²) in [5.74, 6) is 2.64. The van der Waals surface area contributed by atoms with Crippen LogP contribution in [0, 0.1) is 0 Å². The predicted molar refractivity (Wildman–Crippen MR) is 95.3 cm³/mol. The van der Waals surface area contributed by atoms with Gasteiger partial charge in [-0.1, -0.05) is 30.7 Å². The average Bonchev–Trinajstić information content (AvgIpc) is 2.99. The Kier molecular flexibility index (Phi) is 3.65. The van der Waals surface area contributed by atoms with Crippen LogP contribution in [0.5, 0.6) is 5.75 Å². The van der Waals surface area contributed by atoms with E-state index in [1.165, 1.54) is 0 Å². The Morgan fingerprint density at radius 2 is 2.04 bits per heavy atom. The minimum absolute atomic E-state index is 0.215. The number of hydrogen-bond donors (Lipinski definition) is 1. The van der Waals surface area contributed by atoms with Crippen LogP contribution in [-0.2, 0) is 0 Å². The Morgan fingerprint density at radius 1 is 1.21 bits per heavy atom. The molecule has 0 saturated heterocycles. The third-order valence-electron chi connectivity index (χ3n) is 4.28. The Bertz CT molecular complexity index is 906. The van der Waals surface area contributed by atoms with Crippen molar-refractivity contribution in [3.8, 4) is 22.8 Å². The van der Waals surface area contributed by atoms with Crippen molar-refractivity contribution in [1.82, 2.24) is 14.8 Å². The second-order valence-corrected chi connectivity index (χ2v) is 6.30. The Hall–Kier alpha value is -2.53. The monoisotopic (exact) mass is 340 g/mol. The van der Waals surface area contributed by atoms with Gasteiger partial charge in [0.15, 0.2) is 5.82 Å². The fourth-order valence-electron chi connectivity index (χ4n) is 3.05. The average molecular weight is 341 g/mol. The highest BCUT2D eigenvalue weighted by Crippen LogP contribution is 2.37. The zero-order valence-corrected chi connectivity index (χ0v) is 14.2. The molecule has 1 aromatic heterocycles. The molecule has 4 rings (SSSR count). The third-order valence-corrected chi connectivity index (χ3v) is 4.51. The first kappa shape index (κ1) is 15.0. The molecule has 6 heteroatoms. The zero-order valence-electron chi connectivity index (χ0n) is 13.5. The molecule has 2 heterocycles. The van der Waals surface area contributed by atoms with Crippen LogP contribution in [0.1, 0.15) is 18.7 Å². The summed E-state index contributed by atoms with van der Waals surface area (Å²) in [6, 6.07) is 13.6. The molecule has 2 aromatic carbocycles. The fraction of sp³-hybridized carbons (Fsp3) is 0.222. The van der Waals surface area contributed by atoms with Crippen molar-refractivity contribution < 1.29 is 4.74 Å². The number of para-hydroxylation sites is 1. The van der Waals surface area contributed by atoms with Gasteiger partial charge in [-0.25, -0.2) is 0 Å². The van der Waals surface area contributed by atoms with Crippen molar-refractivity contribution in [2.75, 3.05) is 19.0 Å². The zero-order chi connectivity index (χ0) is 16.7. The SMILES string of the molecule is COc1ccccc1-c1nnc2n1-c1cc(Cl)ccc1NC[C@@H]2C. The number of benzene rings is 2. The van der Waals surface area contributed by atoms with Crippen LogP contribution in [0.15, 0.2) is 42.5 Å². The molecule has 0 spiro atoms. The molecule has 0 fully saturated rings. The number of methoxy groups -OCH3 is 1. The molecule has 1 atom stereocenters. The number of rotatable bonds is 2. The van der Waals surface area contributed by atoms with Gasteiger partial charge in [-0.3, -0.25) is 4.57 Å². The van der Waals surface area contributed by atoms with Gasteiger partial charge in [-0.2, -0.15) is 0 Å². The fourth-order valence-corrected chi connectivity index (χ4v) is 3.22. The van der Waals surface area contributed by atoms with Crippen LogP contribution in [0.2, 0.25) is 5.02 Å². The van der Waals surface area contributed by atoms with E-state index in [0.29, 0.717) is 5.02 Å². The Labute approximate surface area is 145 Å². The van der Waals surface area contributed by atoms with Crippen molar-refractivity contribution in [2.24, 2.45) is 0 Å². The second kappa shape index (κ2) is 5.83. The minimum atomic E-state index is 0.215. The van der Waals surface area contributed by atoms with Crippen LogP contribution in [-0.4, -0.2) is 28.4 Å². The van der Waals surface area contributed by atoms with E-state index in [9.17, 15) is 0 Å². The first-order valence-corrected chi connectivity index (χ1v) is 8.19. The van der Waals surface area contributed by atoms with Crippen molar-refractivity contribution in [2.45, 2.75) is 12.8 Å².